The first-order valence-corrected chi connectivity index (χ1v) is 14.9. The zero-order valence-corrected chi connectivity index (χ0v) is 27.6. The van der Waals surface area contributed by atoms with Gasteiger partial charge in [-0.2, -0.15) is 0 Å². The van der Waals surface area contributed by atoms with Gasteiger partial charge in [-0.3, -0.25) is 9.59 Å². The summed E-state index contributed by atoms with van der Waals surface area (Å²) in [6.07, 6.45) is 2.01. The smallest absolute Gasteiger partial charge is 0.408 e. The molecule has 2 aromatic carbocycles. The molecule has 0 aliphatic carbocycles. The van der Waals surface area contributed by atoms with E-state index < -0.39 is 52.9 Å². The number of rotatable bonds is 14. The monoisotopic (exact) mass is 655 g/mol. The minimum atomic E-state index is -1.48. The topological polar surface area (TPSA) is 159 Å². The van der Waals surface area contributed by atoms with Crippen molar-refractivity contribution in [3.8, 4) is 5.75 Å². The van der Waals surface area contributed by atoms with Gasteiger partial charge in [0.25, 0.3) is 5.91 Å². The maximum Gasteiger partial charge on any atom is 0.408 e. The number of ether oxygens (including phenoxy) is 4. The summed E-state index contributed by atoms with van der Waals surface area (Å²) >= 11 is 0. The average molecular weight is 656 g/mol. The third kappa shape index (κ3) is 11.1. The molecule has 0 saturated heterocycles. The normalized spacial score (nSPS) is 12.8. The summed E-state index contributed by atoms with van der Waals surface area (Å²) in [5, 5.41) is 7.76. The van der Waals surface area contributed by atoms with Gasteiger partial charge >= 0.3 is 12.1 Å². The molecule has 1 aromatic heterocycles. The van der Waals surface area contributed by atoms with Gasteiger partial charge in [-0.15, -0.1) is 0 Å². The number of carbonyl (C=O) groups is 4. The summed E-state index contributed by atoms with van der Waals surface area (Å²) in [6.45, 7) is 9.56. The molecule has 2 atom stereocenters. The predicted octanol–water partition coefficient (Wildman–Crippen LogP) is 4.13. The van der Waals surface area contributed by atoms with E-state index in [2.05, 4.69) is 20.9 Å². The standard InChI is InChI=1S/C33H42FN5O8/c1-8-46-29(41)27(22-11-15-24(44-7)16-12-22)39-17-26(35-20-39)37-28(40)25(19-45-18-21-9-13-23(34)14-10-21)36-30(42)33(5,6)38-31(43)47-32(2,3)4/h9-17,20,25,27H,8,18-19H2,1-7H3,(H,36,42)(H,37,40)(H,38,43). The zero-order valence-electron chi connectivity index (χ0n) is 27.6. The third-order valence-electron chi connectivity index (χ3n) is 6.56. The van der Waals surface area contributed by atoms with E-state index in [1.165, 1.54) is 62.3 Å². The van der Waals surface area contributed by atoms with Crippen LogP contribution in [0.15, 0.2) is 61.1 Å². The summed E-state index contributed by atoms with van der Waals surface area (Å²) in [7, 11) is 1.53. The van der Waals surface area contributed by atoms with Gasteiger partial charge in [0.05, 0.1) is 33.3 Å². The van der Waals surface area contributed by atoms with Crippen LogP contribution in [0.2, 0.25) is 0 Å². The Bertz CT molecular complexity index is 1520. The molecule has 2 unspecified atom stereocenters. The Morgan fingerprint density at radius 1 is 0.979 bits per heavy atom. The molecular formula is C33H42FN5O8. The number of imidazole rings is 1. The lowest BCUT2D eigenvalue weighted by molar-refractivity contribution is -0.145. The minimum Gasteiger partial charge on any atom is -0.497 e. The van der Waals surface area contributed by atoms with Crippen molar-refractivity contribution >= 4 is 29.7 Å². The second-order valence-corrected chi connectivity index (χ2v) is 12.0. The molecule has 254 valence electrons. The Morgan fingerprint density at radius 3 is 2.23 bits per heavy atom. The largest absolute Gasteiger partial charge is 0.497 e. The molecule has 13 nitrogen and oxygen atoms in total. The van der Waals surface area contributed by atoms with E-state index in [0.717, 1.165) is 0 Å². The number of nitrogens with zero attached hydrogens (tertiary/aromatic N) is 2. The van der Waals surface area contributed by atoms with E-state index in [4.69, 9.17) is 18.9 Å². The van der Waals surface area contributed by atoms with Crippen LogP contribution in [0.25, 0.3) is 0 Å². The third-order valence-corrected chi connectivity index (χ3v) is 6.56. The van der Waals surface area contributed by atoms with Gasteiger partial charge in [0.1, 0.15) is 28.7 Å². The molecule has 3 aromatic rings. The van der Waals surface area contributed by atoms with Crippen LogP contribution in [0.1, 0.15) is 58.7 Å². The highest BCUT2D eigenvalue weighted by atomic mass is 19.1. The summed E-state index contributed by atoms with van der Waals surface area (Å²) in [5.41, 5.74) is -1.04. The molecule has 3 amide bonds. The second-order valence-electron chi connectivity index (χ2n) is 12.0. The van der Waals surface area contributed by atoms with Gasteiger partial charge in [-0.1, -0.05) is 24.3 Å². The van der Waals surface area contributed by atoms with Gasteiger partial charge in [0.15, 0.2) is 11.9 Å². The SMILES string of the molecule is CCOC(=O)C(c1ccc(OC)cc1)n1cnc(NC(=O)C(COCc2ccc(F)cc2)NC(=O)C(C)(C)NC(=O)OC(C)(C)C)c1. The van der Waals surface area contributed by atoms with Crippen molar-refractivity contribution in [3.63, 3.8) is 0 Å². The molecule has 0 radical (unpaired) electrons. The fourth-order valence-corrected chi connectivity index (χ4v) is 4.21. The summed E-state index contributed by atoms with van der Waals surface area (Å²) in [4.78, 5) is 56.4. The number of esters is 1. The van der Waals surface area contributed by atoms with Crippen molar-refractivity contribution in [2.45, 2.75) is 71.4 Å². The number of anilines is 1. The van der Waals surface area contributed by atoms with E-state index in [9.17, 15) is 23.6 Å². The lowest BCUT2D eigenvalue weighted by atomic mass is 10.0. The molecule has 47 heavy (non-hydrogen) atoms. The highest BCUT2D eigenvalue weighted by Gasteiger charge is 2.35. The van der Waals surface area contributed by atoms with Crippen LogP contribution in [0.5, 0.6) is 5.75 Å². The van der Waals surface area contributed by atoms with E-state index >= 15 is 0 Å². The summed E-state index contributed by atoms with van der Waals surface area (Å²) in [6, 6.07) is 10.3. The molecule has 0 aliphatic heterocycles. The lowest BCUT2D eigenvalue weighted by Gasteiger charge is -2.29. The molecule has 0 aliphatic rings. The number of aromatic nitrogens is 2. The Balaban J connectivity index is 1.80. The van der Waals surface area contributed by atoms with Gasteiger partial charge in [0.2, 0.25) is 5.91 Å². The van der Waals surface area contributed by atoms with Gasteiger partial charge < -0.3 is 39.5 Å². The number of halogens is 1. The Hall–Kier alpha value is -4.98. The minimum absolute atomic E-state index is 0.0250. The first-order valence-electron chi connectivity index (χ1n) is 14.9. The van der Waals surface area contributed by atoms with E-state index in [1.54, 1.807) is 52.0 Å². The van der Waals surface area contributed by atoms with Crippen molar-refractivity contribution in [2.24, 2.45) is 0 Å². The fraction of sp³-hybridized carbons (Fsp3) is 0.424. The van der Waals surface area contributed by atoms with Crippen LogP contribution in [-0.4, -0.2) is 70.9 Å². The van der Waals surface area contributed by atoms with Crippen LogP contribution >= 0.6 is 0 Å². The number of carbonyl (C=O) groups excluding carboxylic acids is 4. The number of alkyl carbamates (subject to hydrolysis) is 1. The Morgan fingerprint density at radius 2 is 1.64 bits per heavy atom. The highest BCUT2D eigenvalue weighted by Crippen LogP contribution is 2.24. The van der Waals surface area contributed by atoms with E-state index in [-0.39, 0.29) is 25.6 Å². The van der Waals surface area contributed by atoms with Crippen LogP contribution in [-0.2, 0) is 35.2 Å². The van der Waals surface area contributed by atoms with Crippen LogP contribution in [0, 0.1) is 5.82 Å². The molecular weight excluding hydrogens is 613 g/mol. The van der Waals surface area contributed by atoms with Crippen molar-refractivity contribution in [1.82, 2.24) is 20.2 Å². The van der Waals surface area contributed by atoms with E-state index in [1.807, 2.05) is 0 Å². The van der Waals surface area contributed by atoms with Crippen LogP contribution < -0.4 is 20.7 Å². The summed E-state index contributed by atoms with van der Waals surface area (Å²) in [5.74, 6) is -1.63. The molecule has 0 saturated carbocycles. The van der Waals surface area contributed by atoms with Crippen LogP contribution in [0.4, 0.5) is 15.0 Å². The van der Waals surface area contributed by atoms with Crippen molar-refractivity contribution in [3.05, 3.63) is 78.0 Å². The van der Waals surface area contributed by atoms with Crippen molar-refractivity contribution in [2.75, 3.05) is 25.6 Å². The van der Waals surface area contributed by atoms with Gasteiger partial charge in [-0.05, 0) is 76.9 Å². The first-order chi connectivity index (χ1) is 22.1. The molecule has 0 bridgehead atoms. The average Bonchev–Trinajstić information content (AvgIpc) is 3.44. The first kappa shape index (κ1) is 36.5. The van der Waals surface area contributed by atoms with E-state index in [0.29, 0.717) is 16.9 Å². The number of nitrogens with one attached hydrogen (secondary N) is 3. The maximum atomic E-state index is 13.5. The molecule has 0 fully saturated rings. The number of hydrogen-bond acceptors (Lipinski definition) is 9. The highest BCUT2D eigenvalue weighted by molar-refractivity contribution is 5.98. The summed E-state index contributed by atoms with van der Waals surface area (Å²) < 4.78 is 36.3. The Labute approximate surface area is 273 Å². The number of methoxy groups -OCH3 is 1. The molecule has 1 heterocycles. The van der Waals surface area contributed by atoms with Crippen molar-refractivity contribution in [1.29, 1.82) is 0 Å². The quantitative estimate of drug-likeness (QED) is 0.217. The van der Waals surface area contributed by atoms with Crippen LogP contribution in [0.3, 0.4) is 0 Å². The van der Waals surface area contributed by atoms with Gasteiger partial charge in [-0.25, -0.2) is 19.0 Å². The fourth-order valence-electron chi connectivity index (χ4n) is 4.21. The predicted molar refractivity (Wildman–Crippen MR) is 170 cm³/mol. The molecule has 14 heteroatoms. The zero-order chi connectivity index (χ0) is 34.8. The lowest BCUT2D eigenvalue weighted by Crippen LogP contribution is -2.59. The Kier molecular flexibility index (Phi) is 12.4. The molecule has 3 N–H and O–H groups in total. The molecule has 0 spiro atoms. The molecule has 3 rings (SSSR count). The number of benzene rings is 2. The van der Waals surface area contributed by atoms with Crippen molar-refractivity contribution < 1.29 is 42.5 Å². The number of hydrogen-bond donors (Lipinski definition) is 3. The maximum absolute atomic E-state index is 13.5. The number of amides is 3. The van der Waals surface area contributed by atoms with Gasteiger partial charge in [0, 0.05) is 6.20 Å². The second kappa shape index (κ2) is 16.0.